The van der Waals surface area contributed by atoms with Crippen molar-refractivity contribution in [1.82, 2.24) is 24.6 Å². The fourth-order valence-electron chi connectivity index (χ4n) is 4.58. The minimum atomic E-state index is -0.346. The molecule has 34 heavy (non-hydrogen) atoms. The SMILES string of the molecule is CC(C)n1cnc([C@@H]2CN(C(=O)c3ccccn3)c3ccc(C(=O)N4CCC(O)CC4)cc32)n1. The lowest BCUT2D eigenvalue weighted by Gasteiger charge is -2.29. The van der Waals surface area contributed by atoms with Crippen molar-refractivity contribution in [3.05, 3.63) is 71.6 Å². The van der Waals surface area contributed by atoms with Crippen LogP contribution in [0, 0.1) is 0 Å². The number of fused-ring (bicyclic) bond motifs is 1. The maximum absolute atomic E-state index is 13.3. The Balaban J connectivity index is 1.51. The summed E-state index contributed by atoms with van der Waals surface area (Å²) in [6, 6.07) is 10.9. The average Bonchev–Trinajstić information content (AvgIpc) is 3.49. The molecule has 5 rings (SSSR count). The second-order valence-electron chi connectivity index (χ2n) is 9.16. The van der Waals surface area contributed by atoms with E-state index in [0.717, 1.165) is 11.3 Å². The molecule has 2 amide bonds. The zero-order valence-electron chi connectivity index (χ0n) is 19.3. The van der Waals surface area contributed by atoms with Crippen LogP contribution >= 0.6 is 0 Å². The van der Waals surface area contributed by atoms with Gasteiger partial charge in [0.05, 0.1) is 12.0 Å². The van der Waals surface area contributed by atoms with E-state index in [2.05, 4.69) is 15.1 Å². The summed E-state index contributed by atoms with van der Waals surface area (Å²) in [6.07, 6.45) is 4.13. The first-order chi connectivity index (χ1) is 16.4. The molecule has 0 unspecified atom stereocenters. The molecule has 3 aromatic rings. The van der Waals surface area contributed by atoms with Crippen LogP contribution < -0.4 is 4.90 Å². The molecule has 0 aliphatic carbocycles. The Morgan fingerprint density at radius 1 is 1.06 bits per heavy atom. The molecule has 2 aliphatic rings. The van der Waals surface area contributed by atoms with E-state index in [1.807, 2.05) is 26.0 Å². The minimum absolute atomic E-state index is 0.0661. The molecule has 9 heteroatoms. The van der Waals surface area contributed by atoms with Crippen molar-refractivity contribution in [3.63, 3.8) is 0 Å². The number of carbonyl (C=O) groups is 2. The Labute approximate surface area is 198 Å². The second-order valence-corrected chi connectivity index (χ2v) is 9.16. The number of aliphatic hydroxyl groups excluding tert-OH is 1. The first-order valence-corrected chi connectivity index (χ1v) is 11.7. The Kier molecular flexibility index (Phi) is 5.87. The van der Waals surface area contributed by atoms with Crippen molar-refractivity contribution in [3.8, 4) is 0 Å². The van der Waals surface area contributed by atoms with Crippen molar-refractivity contribution < 1.29 is 14.7 Å². The summed E-state index contributed by atoms with van der Waals surface area (Å²) in [6.45, 7) is 5.51. The lowest BCUT2D eigenvalue weighted by atomic mass is 9.97. The van der Waals surface area contributed by atoms with Gasteiger partial charge >= 0.3 is 0 Å². The first kappa shape index (κ1) is 22.2. The maximum atomic E-state index is 13.3. The number of hydrogen-bond donors (Lipinski definition) is 1. The standard InChI is InChI=1S/C25H28N6O3/c1-16(2)31-15-27-23(28-31)20-14-30(25(34)21-5-3-4-10-26-21)22-7-6-17(13-19(20)22)24(33)29-11-8-18(32)9-12-29/h3-7,10,13,15-16,18,20,32H,8-9,11-12,14H2,1-2H3/t20-/m1/s1. The smallest absolute Gasteiger partial charge is 0.276 e. The number of aromatic nitrogens is 4. The van der Waals surface area contributed by atoms with Gasteiger partial charge in [0, 0.05) is 43.1 Å². The van der Waals surface area contributed by atoms with Crippen LogP contribution in [-0.2, 0) is 0 Å². The molecule has 1 aromatic carbocycles. The Bertz CT molecular complexity index is 1200. The highest BCUT2D eigenvalue weighted by Gasteiger charge is 2.37. The highest BCUT2D eigenvalue weighted by atomic mass is 16.3. The number of hydrogen-bond acceptors (Lipinski definition) is 6. The molecule has 0 radical (unpaired) electrons. The fraction of sp³-hybridized carbons (Fsp3) is 0.400. The normalized spacial score (nSPS) is 18.4. The molecule has 1 saturated heterocycles. The van der Waals surface area contributed by atoms with Gasteiger partial charge in [-0.15, -0.1) is 0 Å². The summed E-state index contributed by atoms with van der Waals surface area (Å²) in [4.78, 5) is 38.7. The lowest BCUT2D eigenvalue weighted by Crippen LogP contribution is -2.40. The van der Waals surface area contributed by atoms with E-state index >= 15 is 0 Å². The second kappa shape index (κ2) is 8.98. The summed E-state index contributed by atoms with van der Waals surface area (Å²) in [5, 5.41) is 14.4. The van der Waals surface area contributed by atoms with E-state index < -0.39 is 0 Å². The molecule has 9 nitrogen and oxygen atoms in total. The van der Waals surface area contributed by atoms with E-state index in [-0.39, 0.29) is 29.9 Å². The van der Waals surface area contributed by atoms with Crippen molar-refractivity contribution in [1.29, 1.82) is 0 Å². The molecule has 176 valence electrons. The third-order valence-electron chi connectivity index (χ3n) is 6.55. The molecule has 2 aliphatic heterocycles. The molecule has 4 heterocycles. The molecule has 1 atom stereocenters. The van der Waals surface area contributed by atoms with Crippen LogP contribution in [-0.4, -0.2) is 67.3 Å². The highest BCUT2D eigenvalue weighted by Crippen LogP contribution is 2.40. The summed E-state index contributed by atoms with van der Waals surface area (Å²) in [5.41, 5.74) is 2.53. The lowest BCUT2D eigenvalue weighted by molar-refractivity contribution is 0.0546. The number of aliphatic hydroxyl groups is 1. The Morgan fingerprint density at radius 2 is 1.85 bits per heavy atom. The quantitative estimate of drug-likeness (QED) is 0.642. The van der Waals surface area contributed by atoms with Gasteiger partial charge in [0.2, 0.25) is 0 Å². The monoisotopic (exact) mass is 460 g/mol. The number of nitrogens with zero attached hydrogens (tertiary/aromatic N) is 6. The van der Waals surface area contributed by atoms with Gasteiger partial charge in [-0.25, -0.2) is 4.98 Å². The predicted octanol–water partition coefficient (Wildman–Crippen LogP) is 2.64. The van der Waals surface area contributed by atoms with Crippen LogP contribution in [0.2, 0.25) is 0 Å². The Hall–Kier alpha value is -3.59. The van der Waals surface area contributed by atoms with Crippen LogP contribution in [0.25, 0.3) is 0 Å². The van der Waals surface area contributed by atoms with Crippen LogP contribution in [0.5, 0.6) is 0 Å². The zero-order chi connectivity index (χ0) is 23.8. The molecule has 0 bridgehead atoms. The summed E-state index contributed by atoms with van der Waals surface area (Å²) >= 11 is 0. The predicted molar refractivity (Wildman–Crippen MR) is 126 cm³/mol. The molecule has 1 N–H and O–H groups in total. The van der Waals surface area contributed by atoms with Crippen LogP contribution in [0.3, 0.4) is 0 Å². The molecule has 1 fully saturated rings. The third kappa shape index (κ3) is 4.07. The van der Waals surface area contributed by atoms with E-state index in [0.29, 0.717) is 49.6 Å². The van der Waals surface area contributed by atoms with Gasteiger partial charge in [0.25, 0.3) is 11.8 Å². The zero-order valence-corrected chi connectivity index (χ0v) is 19.3. The number of pyridine rings is 1. The average molecular weight is 461 g/mol. The first-order valence-electron chi connectivity index (χ1n) is 11.7. The maximum Gasteiger partial charge on any atom is 0.276 e. The summed E-state index contributed by atoms with van der Waals surface area (Å²) in [5.74, 6) is 0.107. The van der Waals surface area contributed by atoms with Crippen molar-refractivity contribution >= 4 is 17.5 Å². The van der Waals surface area contributed by atoms with Gasteiger partial charge in [-0.05, 0) is 62.6 Å². The van der Waals surface area contributed by atoms with E-state index in [9.17, 15) is 14.7 Å². The summed E-state index contributed by atoms with van der Waals surface area (Å²) in [7, 11) is 0. The number of piperidine rings is 1. The van der Waals surface area contributed by atoms with Crippen molar-refractivity contribution in [2.75, 3.05) is 24.5 Å². The molecule has 0 saturated carbocycles. The summed E-state index contributed by atoms with van der Waals surface area (Å²) < 4.78 is 1.80. The van der Waals surface area contributed by atoms with E-state index in [4.69, 9.17) is 0 Å². The number of likely N-dealkylation sites (tertiary alicyclic amines) is 1. The van der Waals surface area contributed by atoms with Crippen LogP contribution in [0.4, 0.5) is 5.69 Å². The topological polar surface area (TPSA) is 104 Å². The van der Waals surface area contributed by atoms with Gasteiger partial charge in [-0.1, -0.05) is 6.07 Å². The van der Waals surface area contributed by atoms with Gasteiger partial charge in [-0.2, -0.15) is 5.10 Å². The van der Waals surface area contributed by atoms with Crippen LogP contribution in [0.15, 0.2) is 48.9 Å². The van der Waals surface area contributed by atoms with Crippen molar-refractivity contribution in [2.45, 2.75) is 44.8 Å². The number of anilines is 1. The van der Waals surface area contributed by atoms with Gasteiger partial charge in [0.1, 0.15) is 12.0 Å². The number of carbonyl (C=O) groups excluding carboxylic acids is 2. The van der Waals surface area contributed by atoms with E-state index in [1.54, 1.807) is 51.3 Å². The molecule has 2 aromatic heterocycles. The Morgan fingerprint density at radius 3 is 2.53 bits per heavy atom. The number of amides is 2. The molecular weight excluding hydrogens is 432 g/mol. The number of benzene rings is 1. The fourth-order valence-corrected chi connectivity index (χ4v) is 4.58. The van der Waals surface area contributed by atoms with Gasteiger partial charge in [-0.3, -0.25) is 19.3 Å². The minimum Gasteiger partial charge on any atom is -0.393 e. The van der Waals surface area contributed by atoms with Crippen molar-refractivity contribution in [2.24, 2.45) is 0 Å². The van der Waals surface area contributed by atoms with Gasteiger partial charge < -0.3 is 14.9 Å². The van der Waals surface area contributed by atoms with Gasteiger partial charge in [0.15, 0.2) is 5.82 Å². The molecule has 0 spiro atoms. The molecular formula is C25H28N6O3. The number of rotatable bonds is 4. The largest absolute Gasteiger partial charge is 0.393 e. The van der Waals surface area contributed by atoms with Crippen LogP contribution in [0.1, 0.15) is 70.9 Å². The third-order valence-corrected chi connectivity index (χ3v) is 6.55. The van der Waals surface area contributed by atoms with E-state index in [1.165, 1.54) is 0 Å². The highest BCUT2D eigenvalue weighted by molar-refractivity contribution is 6.07.